The molecule has 0 spiro atoms. The predicted molar refractivity (Wildman–Crippen MR) is 53.4 cm³/mol. The van der Waals surface area contributed by atoms with Crippen molar-refractivity contribution < 1.29 is 5.11 Å². The highest BCUT2D eigenvalue weighted by molar-refractivity contribution is 5.02. The summed E-state index contributed by atoms with van der Waals surface area (Å²) in [6, 6.07) is 4.05. The van der Waals surface area contributed by atoms with Crippen LogP contribution in [0.5, 0.6) is 0 Å². The molecule has 1 atom stereocenters. The topological polar surface area (TPSA) is 48.0 Å². The van der Waals surface area contributed by atoms with Gasteiger partial charge < -0.3 is 15.4 Å². The number of rotatable bonds is 6. The minimum Gasteiger partial charge on any atom is -0.393 e. The van der Waals surface area contributed by atoms with Crippen LogP contribution in [-0.2, 0) is 6.54 Å². The normalized spacial score (nSPS) is 13.1. The first kappa shape index (κ1) is 10.3. The van der Waals surface area contributed by atoms with Crippen LogP contribution in [0.2, 0.25) is 0 Å². The Bertz CT molecular complexity index is 207. The van der Waals surface area contributed by atoms with Crippen LogP contribution in [0.1, 0.15) is 25.5 Å². The van der Waals surface area contributed by atoms with Crippen LogP contribution in [0, 0.1) is 0 Å². The van der Waals surface area contributed by atoms with Gasteiger partial charge in [-0.1, -0.05) is 0 Å². The molecule has 3 heteroatoms. The van der Waals surface area contributed by atoms with Crippen molar-refractivity contribution in [2.75, 3.05) is 6.54 Å². The first-order valence-electron chi connectivity index (χ1n) is 4.80. The molecule has 0 aliphatic carbocycles. The van der Waals surface area contributed by atoms with E-state index >= 15 is 0 Å². The van der Waals surface area contributed by atoms with Gasteiger partial charge in [0.15, 0.2) is 0 Å². The zero-order valence-corrected chi connectivity index (χ0v) is 8.09. The van der Waals surface area contributed by atoms with E-state index in [0.717, 1.165) is 25.9 Å². The summed E-state index contributed by atoms with van der Waals surface area (Å²) in [7, 11) is 0. The third-order valence-corrected chi connectivity index (χ3v) is 1.95. The van der Waals surface area contributed by atoms with E-state index in [0.29, 0.717) is 0 Å². The van der Waals surface area contributed by atoms with E-state index in [4.69, 9.17) is 5.11 Å². The van der Waals surface area contributed by atoms with Gasteiger partial charge in [-0.15, -0.1) is 0 Å². The van der Waals surface area contributed by atoms with Gasteiger partial charge in [0.05, 0.1) is 6.10 Å². The molecule has 0 fully saturated rings. The Morgan fingerprint density at radius 1 is 1.62 bits per heavy atom. The van der Waals surface area contributed by atoms with Crippen LogP contribution in [0.3, 0.4) is 0 Å². The van der Waals surface area contributed by atoms with E-state index in [1.165, 1.54) is 5.69 Å². The lowest BCUT2D eigenvalue weighted by molar-refractivity contribution is 0.181. The van der Waals surface area contributed by atoms with Crippen molar-refractivity contribution >= 4 is 0 Å². The van der Waals surface area contributed by atoms with Crippen LogP contribution in [0.25, 0.3) is 0 Å². The van der Waals surface area contributed by atoms with E-state index in [9.17, 15) is 0 Å². The summed E-state index contributed by atoms with van der Waals surface area (Å²) in [6.07, 6.45) is 3.65. The first-order valence-corrected chi connectivity index (χ1v) is 4.80. The van der Waals surface area contributed by atoms with Crippen LogP contribution in [0.15, 0.2) is 18.3 Å². The van der Waals surface area contributed by atoms with Crippen LogP contribution >= 0.6 is 0 Å². The second kappa shape index (κ2) is 5.78. The maximum Gasteiger partial charge on any atom is 0.0512 e. The van der Waals surface area contributed by atoms with Gasteiger partial charge in [-0.25, -0.2) is 0 Å². The van der Waals surface area contributed by atoms with E-state index < -0.39 is 0 Å². The molecule has 3 nitrogen and oxygen atoms in total. The molecule has 0 saturated carbocycles. The van der Waals surface area contributed by atoms with E-state index in [1.807, 2.05) is 19.2 Å². The largest absolute Gasteiger partial charge is 0.393 e. The van der Waals surface area contributed by atoms with Crippen LogP contribution in [0.4, 0.5) is 0 Å². The Hall–Kier alpha value is -0.800. The molecule has 0 bridgehead atoms. The fourth-order valence-corrected chi connectivity index (χ4v) is 1.22. The number of hydrogen-bond acceptors (Lipinski definition) is 2. The van der Waals surface area contributed by atoms with Gasteiger partial charge in [-0.05, 0) is 38.4 Å². The molecule has 0 aliphatic heterocycles. The summed E-state index contributed by atoms with van der Waals surface area (Å²) in [5.41, 5.74) is 1.21. The highest BCUT2D eigenvalue weighted by atomic mass is 16.3. The maximum atomic E-state index is 9.00. The first-order chi connectivity index (χ1) is 6.29. The monoisotopic (exact) mass is 182 g/mol. The number of aliphatic hydroxyl groups excluding tert-OH is 1. The average Bonchev–Trinajstić information content (AvgIpc) is 2.55. The summed E-state index contributed by atoms with van der Waals surface area (Å²) >= 11 is 0. The molecular weight excluding hydrogens is 164 g/mol. The van der Waals surface area contributed by atoms with Crippen molar-refractivity contribution in [1.29, 1.82) is 0 Å². The molecule has 0 aliphatic rings. The van der Waals surface area contributed by atoms with Gasteiger partial charge in [-0.3, -0.25) is 0 Å². The molecule has 0 amide bonds. The number of aromatic amines is 1. The zero-order valence-electron chi connectivity index (χ0n) is 8.09. The molecule has 74 valence electrons. The molecule has 1 unspecified atom stereocenters. The number of nitrogens with one attached hydrogen (secondary N) is 2. The molecule has 0 radical (unpaired) electrons. The SMILES string of the molecule is CC(O)CCCNCc1ccc[nH]1. The third-order valence-electron chi connectivity index (χ3n) is 1.95. The Kier molecular flexibility index (Phi) is 4.57. The molecular formula is C10H18N2O. The minimum atomic E-state index is -0.174. The van der Waals surface area contributed by atoms with Crippen molar-refractivity contribution in [1.82, 2.24) is 10.3 Å². The molecule has 0 aromatic carbocycles. The number of H-pyrrole nitrogens is 1. The lowest BCUT2D eigenvalue weighted by Crippen LogP contribution is -2.16. The van der Waals surface area contributed by atoms with Crippen molar-refractivity contribution in [2.45, 2.75) is 32.4 Å². The van der Waals surface area contributed by atoms with Gasteiger partial charge in [0.2, 0.25) is 0 Å². The summed E-state index contributed by atoms with van der Waals surface area (Å²) < 4.78 is 0. The van der Waals surface area contributed by atoms with Crippen molar-refractivity contribution in [3.63, 3.8) is 0 Å². The number of aliphatic hydroxyl groups is 1. The van der Waals surface area contributed by atoms with Gasteiger partial charge in [0.25, 0.3) is 0 Å². The molecule has 1 aromatic heterocycles. The van der Waals surface area contributed by atoms with Crippen molar-refractivity contribution in [3.8, 4) is 0 Å². The fraction of sp³-hybridized carbons (Fsp3) is 0.600. The average molecular weight is 182 g/mol. The Balaban J connectivity index is 1.96. The van der Waals surface area contributed by atoms with Gasteiger partial charge >= 0.3 is 0 Å². The smallest absolute Gasteiger partial charge is 0.0512 e. The maximum absolute atomic E-state index is 9.00. The quantitative estimate of drug-likeness (QED) is 0.580. The minimum absolute atomic E-state index is 0.174. The summed E-state index contributed by atoms with van der Waals surface area (Å²) in [5, 5.41) is 12.3. The fourth-order valence-electron chi connectivity index (χ4n) is 1.22. The summed E-state index contributed by atoms with van der Waals surface area (Å²) in [4.78, 5) is 3.12. The van der Waals surface area contributed by atoms with E-state index in [-0.39, 0.29) is 6.10 Å². The second-order valence-corrected chi connectivity index (χ2v) is 3.36. The van der Waals surface area contributed by atoms with Gasteiger partial charge in [-0.2, -0.15) is 0 Å². The molecule has 1 heterocycles. The zero-order chi connectivity index (χ0) is 9.52. The van der Waals surface area contributed by atoms with E-state index in [1.54, 1.807) is 0 Å². The van der Waals surface area contributed by atoms with Gasteiger partial charge in [0, 0.05) is 18.4 Å². The van der Waals surface area contributed by atoms with Crippen molar-refractivity contribution in [3.05, 3.63) is 24.0 Å². The second-order valence-electron chi connectivity index (χ2n) is 3.36. The highest BCUT2D eigenvalue weighted by Crippen LogP contribution is 1.95. The van der Waals surface area contributed by atoms with Crippen LogP contribution in [-0.4, -0.2) is 22.7 Å². The molecule has 13 heavy (non-hydrogen) atoms. The molecule has 3 N–H and O–H groups in total. The summed E-state index contributed by atoms with van der Waals surface area (Å²) in [5.74, 6) is 0. The predicted octanol–water partition coefficient (Wildman–Crippen LogP) is 1.27. The Morgan fingerprint density at radius 2 is 2.46 bits per heavy atom. The lowest BCUT2D eigenvalue weighted by Gasteiger charge is -2.04. The standard InChI is InChI=1S/C10H18N2O/c1-9(13)4-2-6-11-8-10-5-3-7-12-10/h3,5,7,9,11-13H,2,4,6,8H2,1H3. The Labute approximate surface area is 79.2 Å². The Morgan fingerprint density at radius 3 is 3.08 bits per heavy atom. The third kappa shape index (κ3) is 4.70. The number of hydrogen-bond donors (Lipinski definition) is 3. The molecule has 1 rings (SSSR count). The highest BCUT2D eigenvalue weighted by Gasteiger charge is 1.95. The van der Waals surface area contributed by atoms with Gasteiger partial charge in [0.1, 0.15) is 0 Å². The van der Waals surface area contributed by atoms with Crippen molar-refractivity contribution in [2.24, 2.45) is 0 Å². The van der Waals surface area contributed by atoms with Crippen LogP contribution < -0.4 is 5.32 Å². The number of aromatic nitrogens is 1. The summed E-state index contributed by atoms with van der Waals surface area (Å²) in [6.45, 7) is 3.67. The molecule has 0 saturated heterocycles. The lowest BCUT2D eigenvalue weighted by atomic mass is 10.2. The molecule has 1 aromatic rings. The van der Waals surface area contributed by atoms with E-state index in [2.05, 4.69) is 16.4 Å².